The minimum Gasteiger partial charge on any atom is -0.394 e. The van der Waals surface area contributed by atoms with Crippen LogP contribution in [0.5, 0.6) is 0 Å². The van der Waals surface area contributed by atoms with Crippen LogP contribution in [0.2, 0.25) is 0 Å². The fourth-order valence-corrected chi connectivity index (χ4v) is 4.51. The number of hydrogen-bond acceptors (Lipinski definition) is 3. The summed E-state index contributed by atoms with van der Waals surface area (Å²) in [5, 5.41) is 15.8. The summed E-state index contributed by atoms with van der Waals surface area (Å²) in [6.07, 6.45) is 7.10. The lowest BCUT2D eigenvalue weighted by molar-refractivity contribution is -0.119. The third kappa shape index (κ3) is 4.81. The number of hydrogen-bond donors (Lipinski definition) is 3. The van der Waals surface area contributed by atoms with E-state index < -0.39 is 0 Å². The van der Waals surface area contributed by atoms with E-state index in [1.165, 1.54) is 30.9 Å². The van der Waals surface area contributed by atoms with Gasteiger partial charge in [0, 0.05) is 25.4 Å². The number of benzene rings is 1. The Morgan fingerprint density at radius 3 is 2.45 bits per heavy atom. The van der Waals surface area contributed by atoms with Crippen molar-refractivity contribution in [3.05, 3.63) is 41.5 Å². The summed E-state index contributed by atoms with van der Waals surface area (Å²) >= 11 is 0. The molecule has 6 heteroatoms. The summed E-state index contributed by atoms with van der Waals surface area (Å²) in [6.45, 7) is 5.55. The number of aliphatic hydroxyl groups is 1. The molecule has 1 aromatic carbocycles. The van der Waals surface area contributed by atoms with Crippen molar-refractivity contribution in [3.63, 3.8) is 0 Å². The van der Waals surface area contributed by atoms with Crippen LogP contribution in [0.3, 0.4) is 0 Å². The molecule has 0 saturated carbocycles. The Kier molecular flexibility index (Phi) is 6.96. The van der Waals surface area contributed by atoms with E-state index in [4.69, 9.17) is 0 Å². The summed E-state index contributed by atoms with van der Waals surface area (Å²) in [6, 6.07) is 7.83. The molecule has 0 bridgehead atoms. The molecule has 6 nitrogen and oxygen atoms in total. The highest BCUT2D eigenvalue weighted by molar-refractivity contribution is 5.78. The Balaban J connectivity index is 1.81. The van der Waals surface area contributed by atoms with E-state index in [-0.39, 0.29) is 42.6 Å². The maximum atomic E-state index is 12.7. The van der Waals surface area contributed by atoms with Gasteiger partial charge in [0.2, 0.25) is 5.91 Å². The molecule has 0 spiro atoms. The van der Waals surface area contributed by atoms with Crippen molar-refractivity contribution in [3.8, 4) is 0 Å². The molecule has 158 valence electrons. The van der Waals surface area contributed by atoms with Crippen molar-refractivity contribution < 1.29 is 14.7 Å². The molecule has 1 heterocycles. The van der Waals surface area contributed by atoms with Gasteiger partial charge in [0.1, 0.15) is 0 Å². The van der Waals surface area contributed by atoms with Crippen molar-refractivity contribution in [1.82, 2.24) is 15.5 Å². The molecule has 2 aliphatic rings. The van der Waals surface area contributed by atoms with E-state index in [9.17, 15) is 14.7 Å². The van der Waals surface area contributed by atoms with Gasteiger partial charge >= 0.3 is 6.03 Å². The molecule has 3 atom stereocenters. The number of likely N-dealkylation sites (tertiary alicyclic amines) is 1. The second kappa shape index (κ2) is 9.44. The van der Waals surface area contributed by atoms with Gasteiger partial charge in [-0.2, -0.15) is 0 Å². The first-order valence-corrected chi connectivity index (χ1v) is 10.7. The zero-order chi connectivity index (χ0) is 21.0. The van der Waals surface area contributed by atoms with Crippen LogP contribution in [0.25, 0.3) is 5.57 Å². The average Bonchev–Trinajstić information content (AvgIpc) is 2.68. The zero-order valence-electron chi connectivity index (χ0n) is 17.6. The number of nitrogens with zero attached hydrogens (tertiary/aromatic N) is 1. The van der Waals surface area contributed by atoms with E-state index in [2.05, 4.69) is 41.0 Å². The minimum absolute atomic E-state index is 0.00496. The van der Waals surface area contributed by atoms with Crippen molar-refractivity contribution in [2.24, 2.45) is 0 Å². The number of rotatable bonds is 6. The number of carbonyl (C=O) groups is 2. The molecular weight excluding hydrogens is 366 g/mol. The molecule has 3 rings (SSSR count). The standard InChI is InChI=1S/C23H33N3O3/c1-15(2)25-23(29)26-20(13-24-16(3)28)22(21(26)14-27)19-11-9-18(10-12-19)17-7-5-4-6-8-17/h7,9-12,15,20-22,27H,4-6,8,13-14H2,1-3H3,(H,24,28)(H,25,29)/t20-,21+,22+/m0/s1. The molecule has 1 aliphatic carbocycles. The smallest absolute Gasteiger partial charge is 0.318 e. The Morgan fingerprint density at radius 2 is 1.90 bits per heavy atom. The van der Waals surface area contributed by atoms with Crippen LogP contribution in [0.1, 0.15) is 63.5 Å². The van der Waals surface area contributed by atoms with Crippen molar-refractivity contribution >= 4 is 17.5 Å². The number of allylic oxidation sites excluding steroid dienone is 2. The van der Waals surface area contributed by atoms with Gasteiger partial charge in [-0.05, 0) is 56.2 Å². The maximum Gasteiger partial charge on any atom is 0.318 e. The topological polar surface area (TPSA) is 81.7 Å². The zero-order valence-corrected chi connectivity index (χ0v) is 17.6. The van der Waals surface area contributed by atoms with Crippen LogP contribution in [0.15, 0.2) is 30.3 Å². The first kappa shape index (κ1) is 21.4. The van der Waals surface area contributed by atoms with Gasteiger partial charge in [0.25, 0.3) is 0 Å². The van der Waals surface area contributed by atoms with Crippen molar-refractivity contribution in [2.45, 2.75) is 70.5 Å². The third-order valence-electron chi connectivity index (χ3n) is 5.89. The number of carbonyl (C=O) groups excluding carboxylic acids is 2. The van der Waals surface area contributed by atoms with Gasteiger partial charge in [-0.3, -0.25) is 4.79 Å². The molecule has 3 N–H and O–H groups in total. The molecule has 0 aromatic heterocycles. The van der Waals surface area contributed by atoms with Crippen molar-refractivity contribution in [1.29, 1.82) is 0 Å². The van der Waals surface area contributed by atoms with Crippen LogP contribution in [-0.4, -0.2) is 53.2 Å². The molecule has 0 unspecified atom stereocenters. The van der Waals surface area contributed by atoms with Gasteiger partial charge in [0.05, 0.1) is 18.7 Å². The Labute approximate surface area is 173 Å². The SMILES string of the molecule is CC(=O)NC[C@H]1[C@@H](c2ccc(C3=CCCCC3)cc2)[C@@H](CO)N1C(=O)NC(C)C. The van der Waals surface area contributed by atoms with E-state index >= 15 is 0 Å². The molecule has 0 radical (unpaired) electrons. The highest BCUT2D eigenvalue weighted by Gasteiger charge is 2.51. The fourth-order valence-electron chi connectivity index (χ4n) is 4.51. The van der Waals surface area contributed by atoms with Crippen LogP contribution >= 0.6 is 0 Å². The third-order valence-corrected chi connectivity index (χ3v) is 5.89. The minimum atomic E-state index is -0.299. The summed E-state index contributed by atoms with van der Waals surface area (Å²) in [5.41, 5.74) is 3.75. The molecular formula is C23H33N3O3. The normalized spacial score (nSPS) is 24.0. The van der Waals surface area contributed by atoms with Gasteiger partial charge in [-0.25, -0.2) is 4.79 Å². The number of urea groups is 1. The summed E-state index contributed by atoms with van der Waals surface area (Å²) in [5.74, 6) is -0.140. The predicted octanol–water partition coefficient (Wildman–Crippen LogP) is 3.03. The number of nitrogens with one attached hydrogen (secondary N) is 2. The predicted molar refractivity (Wildman–Crippen MR) is 114 cm³/mol. The molecule has 1 aromatic rings. The second-order valence-electron chi connectivity index (χ2n) is 8.39. The monoisotopic (exact) mass is 399 g/mol. The second-order valence-corrected chi connectivity index (χ2v) is 8.39. The molecule has 3 amide bonds. The highest BCUT2D eigenvalue weighted by atomic mass is 16.3. The lowest BCUT2D eigenvalue weighted by Gasteiger charge is -2.54. The lowest BCUT2D eigenvalue weighted by atomic mass is 9.75. The quantitative estimate of drug-likeness (QED) is 0.688. The average molecular weight is 400 g/mol. The van der Waals surface area contributed by atoms with Gasteiger partial charge in [-0.15, -0.1) is 0 Å². The molecule has 1 fully saturated rings. The fraction of sp³-hybridized carbons (Fsp3) is 0.565. The molecule has 29 heavy (non-hydrogen) atoms. The van der Waals surface area contributed by atoms with E-state index in [1.54, 1.807) is 4.90 Å². The van der Waals surface area contributed by atoms with Crippen LogP contribution in [0, 0.1) is 0 Å². The maximum absolute atomic E-state index is 12.7. The van der Waals surface area contributed by atoms with E-state index in [0.29, 0.717) is 6.54 Å². The Hall–Kier alpha value is -2.34. The van der Waals surface area contributed by atoms with E-state index in [0.717, 1.165) is 18.4 Å². The van der Waals surface area contributed by atoms with Crippen LogP contribution in [-0.2, 0) is 4.79 Å². The Bertz CT molecular complexity index is 757. The van der Waals surface area contributed by atoms with Crippen LogP contribution in [0.4, 0.5) is 4.79 Å². The lowest BCUT2D eigenvalue weighted by Crippen LogP contribution is -2.70. The van der Waals surface area contributed by atoms with Crippen LogP contribution < -0.4 is 10.6 Å². The molecule has 1 saturated heterocycles. The largest absolute Gasteiger partial charge is 0.394 e. The van der Waals surface area contributed by atoms with Gasteiger partial charge in [0.15, 0.2) is 0 Å². The van der Waals surface area contributed by atoms with E-state index in [1.807, 2.05) is 13.8 Å². The summed E-state index contributed by atoms with van der Waals surface area (Å²) in [4.78, 5) is 25.8. The summed E-state index contributed by atoms with van der Waals surface area (Å²) < 4.78 is 0. The first-order valence-electron chi connectivity index (χ1n) is 10.7. The molecule has 1 aliphatic heterocycles. The highest BCUT2D eigenvalue weighted by Crippen LogP contribution is 2.41. The number of amides is 3. The first-order chi connectivity index (χ1) is 13.9. The van der Waals surface area contributed by atoms with Crippen molar-refractivity contribution in [2.75, 3.05) is 13.2 Å². The Morgan fingerprint density at radius 1 is 1.17 bits per heavy atom. The summed E-state index contributed by atoms with van der Waals surface area (Å²) in [7, 11) is 0. The number of aliphatic hydroxyl groups excluding tert-OH is 1. The van der Waals surface area contributed by atoms with Gasteiger partial charge in [-0.1, -0.05) is 30.3 Å². The van der Waals surface area contributed by atoms with Gasteiger partial charge < -0.3 is 20.6 Å².